The smallest absolute Gasteiger partial charge is 0.475 e. The zero-order valence-corrected chi connectivity index (χ0v) is 15.4. The fraction of sp³-hybridized carbons (Fsp3) is 0.333. The van der Waals surface area contributed by atoms with E-state index in [4.69, 9.17) is 13.6 Å². The summed E-state index contributed by atoms with van der Waals surface area (Å²) in [5.41, 5.74) is 2.98. The third-order valence-electron chi connectivity index (χ3n) is 3.37. The van der Waals surface area contributed by atoms with E-state index in [0.717, 1.165) is 11.1 Å². The number of benzene rings is 2. The van der Waals surface area contributed by atoms with E-state index < -0.39 is 7.82 Å². The Morgan fingerprint density at radius 1 is 1.08 bits per heavy atom. The monoisotopic (exact) mass is 366 g/mol. The number of rotatable bonds is 8. The molecule has 0 aliphatic rings. The average Bonchev–Trinajstić information content (AvgIpc) is 2.59. The molecule has 2 rings (SSSR count). The standard InChI is InChI=1S/C18H23O6P/c1-13(2)24-25(21,22-3)23-12-15-7-14(11-19)8-17(9-15)16-5-4-6-18(20)10-16/h4-10,13,19-20H,11-12H2,1-3H3. The molecule has 25 heavy (non-hydrogen) atoms. The van der Waals surface area contributed by atoms with E-state index in [9.17, 15) is 14.8 Å². The summed E-state index contributed by atoms with van der Waals surface area (Å²) in [7, 11) is -2.37. The largest absolute Gasteiger partial charge is 0.508 e. The van der Waals surface area contributed by atoms with Gasteiger partial charge in [-0.1, -0.05) is 18.2 Å². The molecular weight excluding hydrogens is 343 g/mol. The topological polar surface area (TPSA) is 85.2 Å². The Morgan fingerprint density at radius 3 is 2.40 bits per heavy atom. The molecule has 136 valence electrons. The lowest BCUT2D eigenvalue weighted by Gasteiger charge is -2.18. The molecule has 2 aromatic rings. The third-order valence-corrected chi connectivity index (χ3v) is 4.94. The van der Waals surface area contributed by atoms with E-state index in [1.54, 1.807) is 38.1 Å². The first-order chi connectivity index (χ1) is 11.8. The Kier molecular flexibility index (Phi) is 6.76. The van der Waals surface area contributed by atoms with Crippen LogP contribution in [0.3, 0.4) is 0 Å². The van der Waals surface area contributed by atoms with Crippen molar-refractivity contribution in [2.75, 3.05) is 7.11 Å². The van der Waals surface area contributed by atoms with Crippen molar-refractivity contribution in [3.05, 3.63) is 53.6 Å². The van der Waals surface area contributed by atoms with Crippen LogP contribution in [0.25, 0.3) is 11.1 Å². The van der Waals surface area contributed by atoms with Crippen LogP contribution in [0.5, 0.6) is 5.75 Å². The van der Waals surface area contributed by atoms with Gasteiger partial charge in [0.15, 0.2) is 0 Å². The summed E-state index contributed by atoms with van der Waals surface area (Å²) in [4.78, 5) is 0. The zero-order valence-electron chi connectivity index (χ0n) is 14.5. The van der Waals surface area contributed by atoms with E-state index >= 15 is 0 Å². The SMILES string of the molecule is COP(=O)(OCc1cc(CO)cc(-c2cccc(O)c2)c1)OC(C)C. The fourth-order valence-corrected chi connectivity index (χ4v) is 3.40. The van der Waals surface area contributed by atoms with Crippen LogP contribution in [0.2, 0.25) is 0 Å². The Morgan fingerprint density at radius 2 is 1.80 bits per heavy atom. The molecule has 7 heteroatoms. The highest BCUT2D eigenvalue weighted by Gasteiger charge is 2.26. The molecule has 1 atom stereocenters. The van der Waals surface area contributed by atoms with Gasteiger partial charge in [0.05, 0.1) is 19.3 Å². The van der Waals surface area contributed by atoms with Crippen molar-refractivity contribution in [1.82, 2.24) is 0 Å². The molecule has 6 nitrogen and oxygen atoms in total. The van der Waals surface area contributed by atoms with Gasteiger partial charge in [-0.15, -0.1) is 0 Å². The van der Waals surface area contributed by atoms with Gasteiger partial charge in [-0.05, 0) is 60.4 Å². The lowest BCUT2D eigenvalue weighted by molar-refractivity contribution is 0.101. The van der Waals surface area contributed by atoms with E-state index in [1.165, 1.54) is 7.11 Å². The molecule has 2 N–H and O–H groups in total. The molecule has 0 bridgehead atoms. The van der Waals surface area contributed by atoms with Crippen LogP contribution in [0.1, 0.15) is 25.0 Å². The van der Waals surface area contributed by atoms with Crippen molar-refractivity contribution in [2.45, 2.75) is 33.2 Å². The Hall–Kier alpha value is -1.69. The van der Waals surface area contributed by atoms with Crippen molar-refractivity contribution in [1.29, 1.82) is 0 Å². The number of phosphoric acid groups is 1. The molecule has 0 heterocycles. The molecule has 1 unspecified atom stereocenters. The van der Waals surface area contributed by atoms with E-state index in [-0.39, 0.29) is 25.1 Å². The van der Waals surface area contributed by atoms with E-state index in [0.29, 0.717) is 11.1 Å². The summed E-state index contributed by atoms with van der Waals surface area (Å²) in [5, 5.41) is 19.1. The molecule has 0 fully saturated rings. The first-order valence-corrected chi connectivity index (χ1v) is 9.33. The number of hydrogen-bond donors (Lipinski definition) is 2. The van der Waals surface area contributed by atoms with Crippen molar-refractivity contribution in [3.8, 4) is 16.9 Å². The minimum atomic E-state index is -3.64. The molecule has 0 spiro atoms. The molecular formula is C18H23O6P. The summed E-state index contributed by atoms with van der Waals surface area (Å²) >= 11 is 0. The number of phenols is 1. The van der Waals surface area contributed by atoms with Crippen molar-refractivity contribution in [2.24, 2.45) is 0 Å². The fourth-order valence-electron chi connectivity index (χ4n) is 2.33. The zero-order chi connectivity index (χ0) is 18.4. The Balaban J connectivity index is 2.26. The number of aliphatic hydroxyl groups excluding tert-OH is 1. The van der Waals surface area contributed by atoms with Gasteiger partial charge in [-0.2, -0.15) is 0 Å². The molecule has 0 saturated heterocycles. The second-order valence-corrected chi connectivity index (χ2v) is 7.53. The van der Waals surface area contributed by atoms with Crippen molar-refractivity contribution >= 4 is 7.82 Å². The minimum Gasteiger partial charge on any atom is -0.508 e. The lowest BCUT2D eigenvalue weighted by atomic mass is 10.00. The summed E-state index contributed by atoms with van der Waals surface area (Å²) in [5.74, 6) is 0.152. The maximum Gasteiger partial charge on any atom is 0.475 e. The van der Waals surface area contributed by atoms with Crippen molar-refractivity contribution in [3.63, 3.8) is 0 Å². The number of hydrogen-bond acceptors (Lipinski definition) is 6. The minimum absolute atomic E-state index is 0.00249. The first-order valence-electron chi connectivity index (χ1n) is 7.87. The molecule has 0 amide bonds. The van der Waals surface area contributed by atoms with Crippen LogP contribution in [0, 0.1) is 0 Å². The predicted octanol–water partition coefficient (Wildman–Crippen LogP) is 4.25. The van der Waals surface area contributed by atoms with Crippen LogP contribution < -0.4 is 0 Å². The summed E-state index contributed by atoms with van der Waals surface area (Å²) in [6, 6.07) is 12.2. The van der Waals surface area contributed by atoms with Crippen molar-refractivity contribution < 1.29 is 28.3 Å². The highest BCUT2D eigenvalue weighted by molar-refractivity contribution is 7.48. The van der Waals surface area contributed by atoms with Gasteiger partial charge in [-0.3, -0.25) is 13.6 Å². The number of phenolic OH excluding ortho intramolecular Hbond substituents is 1. The second kappa shape index (κ2) is 8.61. The average molecular weight is 366 g/mol. The van der Waals surface area contributed by atoms with Crippen LogP contribution in [0.15, 0.2) is 42.5 Å². The summed E-state index contributed by atoms with van der Waals surface area (Å²) in [6.07, 6.45) is -0.308. The van der Waals surface area contributed by atoms with Crippen LogP contribution in [-0.2, 0) is 31.4 Å². The van der Waals surface area contributed by atoms with Gasteiger partial charge < -0.3 is 10.2 Å². The van der Waals surface area contributed by atoms with E-state index in [1.807, 2.05) is 18.2 Å². The van der Waals surface area contributed by atoms with Crippen LogP contribution in [-0.4, -0.2) is 23.4 Å². The van der Waals surface area contributed by atoms with Crippen LogP contribution >= 0.6 is 7.82 Å². The molecule has 0 aliphatic carbocycles. The maximum atomic E-state index is 12.4. The van der Waals surface area contributed by atoms with E-state index in [2.05, 4.69) is 0 Å². The highest BCUT2D eigenvalue weighted by Crippen LogP contribution is 2.50. The first kappa shape index (κ1) is 19.6. The van der Waals surface area contributed by atoms with Gasteiger partial charge in [0.25, 0.3) is 0 Å². The van der Waals surface area contributed by atoms with Gasteiger partial charge in [-0.25, -0.2) is 4.57 Å². The van der Waals surface area contributed by atoms with Gasteiger partial charge in [0.1, 0.15) is 5.75 Å². The second-order valence-electron chi connectivity index (χ2n) is 5.80. The molecule has 0 aliphatic heterocycles. The lowest BCUT2D eigenvalue weighted by Crippen LogP contribution is -2.05. The predicted molar refractivity (Wildman–Crippen MR) is 95.1 cm³/mol. The molecule has 0 aromatic heterocycles. The molecule has 2 aromatic carbocycles. The summed E-state index contributed by atoms with van der Waals surface area (Å²) < 4.78 is 27.9. The van der Waals surface area contributed by atoms with Crippen LogP contribution in [0.4, 0.5) is 0 Å². The normalized spacial score (nSPS) is 13.8. The number of phosphoric ester groups is 1. The maximum absolute atomic E-state index is 12.4. The summed E-state index contributed by atoms with van der Waals surface area (Å²) in [6.45, 7) is 3.32. The highest BCUT2D eigenvalue weighted by atomic mass is 31.2. The molecule has 0 radical (unpaired) electrons. The Bertz CT molecular complexity index is 759. The van der Waals surface area contributed by atoms with Gasteiger partial charge in [0.2, 0.25) is 0 Å². The number of aliphatic hydroxyl groups is 1. The Labute approximate surface area is 147 Å². The number of aromatic hydroxyl groups is 1. The van der Waals surface area contributed by atoms with Gasteiger partial charge >= 0.3 is 7.82 Å². The third kappa shape index (κ3) is 5.66. The quantitative estimate of drug-likeness (QED) is 0.680. The molecule has 0 saturated carbocycles. The van der Waals surface area contributed by atoms with Gasteiger partial charge in [0, 0.05) is 7.11 Å².